The first kappa shape index (κ1) is 14.1. The summed E-state index contributed by atoms with van der Waals surface area (Å²) < 4.78 is 27.7. The van der Waals surface area contributed by atoms with Crippen LogP contribution in [-0.2, 0) is 10.0 Å². The first-order chi connectivity index (χ1) is 8.49. The smallest absolute Gasteiger partial charge is 0.236 e. The monoisotopic (exact) mass is 352 g/mol. The Hall–Kier alpha value is -0.300. The number of anilines is 1. The van der Waals surface area contributed by atoms with Crippen LogP contribution in [0.15, 0.2) is 22.7 Å². The molecule has 4 nitrogen and oxygen atoms in total. The van der Waals surface area contributed by atoms with Crippen molar-refractivity contribution < 1.29 is 8.42 Å². The minimum Gasteiger partial charge on any atom is -0.315 e. The molecule has 0 aliphatic carbocycles. The van der Waals surface area contributed by atoms with Crippen LogP contribution in [0, 0.1) is 0 Å². The molecule has 0 radical (unpaired) electrons. The van der Waals surface area contributed by atoms with E-state index in [9.17, 15) is 8.42 Å². The van der Waals surface area contributed by atoms with Crippen molar-refractivity contribution in [1.82, 2.24) is 5.32 Å². The van der Waals surface area contributed by atoms with E-state index in [0.717, 1.165) is 17.4 Å². The first-order valence-electron chi connectivity index (χ1n) is 5.66. The number of halogens is 2. The maximum Gasteiger partial charge on any atom is 0.236 e. The van der Waals surface area contributed by atoms with Crippen LogP contribution in [0.2, 0.25) is 5.02 Å². The molecule has 0 amide bonds. The lowest BCUT2D eigenvalue weighted by Gasteiger charge is -2.23. The molecule has 1 heterocycles. The summed E-state index contributed by atoms with van der Waals surface area (Å²) >= 11 is 9.28. The molecule has 1 aromatic rings. The predicted molar refractivity (Wildman–Crippen MR) is 77.6 cm³/mol. The summed E-state index contributed by atoms with van der Waals surface area (Å²) in [6.45, 7) is 1.37. The molecule has 1 fully saturated rings. The van der Waals surface area contributed by atoms with Crippen LogP contribution < -0.4 is 10.0 Å². The van der Waals surface area contributed by atoms with Gasteiger partial charge in [-0.3, -0.25) is 4.72 Å². The van der Waals surface area contributed by atoms with E-state index in [1.807, 2.05) is 0 Å². The summed E-state index contributed by atoms with van der Waals surface area (Å²) in [6.07, 6.45) is 1.55. The Morgan fingerprint density at radius 2 is 2.22 bits per heavy atom. The molecular formula is C11H14BrClN2O2S. The van der Waals surface area contributed by atoms with E-state index in [1.165, 1.54) is 0 Å². The number of hydrogen-bond acceptors (Lipinski definition) is 3. The topological polar surface area (TPSA) is 58.2 Å². The third-order valence-electron chi connectivity index (χ3n) is 2.87. The Balaban J connectivity index is 2.16. The highest BCUT2D eigenvalue weighted by molar-refractivity contribution is 9.10. The van der Waals surface area contributed by atoms with Gasteiger partial charge in [0.25, 0.3) is 0 Å². The maximum atomic E-state index is 12.2. The fraction of sp³-hybridized carbons (Fsp3) is 0.455. The van der Waals surface area contributed by atoms with Crippen molar-refractivity contribution in [2.75, 3.05) is 17.8 Å². The van der Waals surface area contributed by atoms with E-state index in [1.54, 1.807) is 18.2 Å². The lowest BCUT2D eigenvalue weighted by atomic mass is 10.2. The molecule has 2 rings (SSSR count). The van der Waals surface area contributed by atoms with Crippen molar-refractivity contribution in [1.29, 1.82) is 0 Å². The highest BCUT2D eigenvalue weighted by Crippen LogP contribution is 2.27. The highest BCUT2D eigenvalue weighted by Gasteiger charge is 2.27. The van der Waals surface area contributed by atoms with Crippen LogP contribution in [-0.4, -0.2) is 26.8 Å². The van der Waals surface area contributed by atoms with E-state index in [0.29, 0.717) is 23.7 Å². The van der Waals surface area contributed by atoms with Crippen LogP contribution in [0.5, 0.6) is 0 Å². The number of benzene rings is 1. The van der Waals surface area contributed by atoms with Crippen molar-refractivity contribution in [2.45, 2.75) is 18.1 Å². The van der Waals surface area contributed by atoms with Gasteiger partial charge in [-0.25, -0.2) is 8.42 Å². The van der Waals surface area contributed by atoms with Gasteiger partial charge in [-0.15, -0.1) is 0 Å². The van der Waals surface area contributed by atoms with E-state index in [-0.39, 0.29) is 0 Å². The molecule has 0 bridgehead atoms. The summed E-state index contributed by atoms with van der Waals surface area (Å²) in [5.74, 6) is 0. The van der Waals surface area contributed by atoms with Gasteiger partial charge in [0.2, 0.25) is 10.0 Å². The van der Waals surface area contributed by atoms with Gasteiger partial charge in [0.15, 0.2) is 0 Å². The quantitative estimate of drug-likeness (QED) is 0.878. The normalized spacial score (nSPS) is 20.7. The van der Waals surface area contributed by atoms with Gasteiger partial charge in [0, 0.05) is 11.0 Å². The molecular weight excluding hydrogens is 340 g/mol. The lowest BCUT2D eigenvalue weighted by molar-refractivity contribution is 0.499. The van der Waals surface area contributed by atoms with E-state index in [4.69, 9.17) is 11.6 Å². The molecule has 0 spiro atoms. The number of nitrogens with one attached hydrogen (secondary N) is 2. The molecule has 0 aromatic heterocycles. The molecule has 1 atom stereocenters. The molecule has 1 aliphatic heterocycles. The van der Waals surface area contributed by atoms with E-state index in [2.05, 4.69) is 26.0 Å². The number of hydrogen-bond donors (Lipinski definition) is 2. The molecule has 1 aliphatic rings. The molecule has 7 heteroatoms. The Morgan fingerprint density at radius 1 is 1.44 bits per heavy atom. The highest BCUT2D eigenvalue weighted by atomic mass is 79.9. The number of sulfonamides is 1. The third kappa shape index (κ3) is 3.38. The Labute approximate surface area is 120 Å². The van der Waals surface area contributed by atoms with Crippen LogP contribution in [0.1, 0.15) is 12.8 Å². The SMILES string of the molecule is O=S(=O)(Nc1ccc(Br)cc1Cl)C1CCCNC1. The fourth-order valence-electron chi connectivity index (χ4n) is 1.89. The Morgan fingerprint density at radius 3 is 2.83 bits per heavy atom. The molecule has 2 N–H and O–H groups in total. The minimum absolute atomic E-state index is 0.386. The van der Waals surface area contributed by atoms with Crippen molar-refractivity contribution in [3.63, 3.8) is 0 Å². The van der Waals surface area contributed by atoms with Crippen LogP contribution >= 0.6 is 27.5 Å². The summed E-state index contributed by atoms with van der Waals surface area (Å²) in [7, 11) is -3.38. The average molecular weight is 354 g/mol. The first-order valence-corrected chi connectivity index (χ1v) is 8.38. The Kier molecular flexibility index (Phi) is 4.53. The Bertz CT molecular complexity index is 530. The molecule has 100 valence electrons. The molecule has 1 unspecified atom stereocenters. The number of rotatable bonds is 3. The van der Waals surface area contributed by atoms with Gasteiger partial charge in [-0.05, 0) is 37.6 Å². The predicted octanol–water partition coefficient (Wildman–Crippen LogP) is 2.60. The second kappa shape index (κ2) is 5.77. The van der Waals surface area contributed by atoms with Gasteiger partial charge in [-0.2, -0.15) is 0 Å². The van der Waals surface area contributed by atoms with Crippen LogP contribution in [0.25, 0.3) is 0 Å². The zero-order valence-electron chi connectivity index (χ0n) is 9.62. The second-order valence-electron chi connectivity index (χ2n) is 4.24. The van der Waals surface area contributed by atoms with Crippen LogP contribution in [0.4, 0.5) is 5.69 Å². The van der Waals surface area contributed by atoms with Crippen molar-refractivity contribution in [3.8, 4) is 0 Å². The average Bonchev–Trinajstić information content (AvgIpc) is 2.34. The molecule has 1 saturated heterocycles. The standard InChI is InChI=1S/C11H14BrClN2O2S/c12-8-3-4-11(10(13)6-8)15-18(16,17)9-2-1-5-14-7-9/h3-4,6,9,14-15H,1-2,5,7H2. The zero-order valence-corrected chi connectivity index (χ0v) is 12.8. The largest absolute Gasteiger partial charge is 0.315 e. The summed E-state index contributed by atoms with van der Waals surface area (Å²) in [6, 6.07) is 5.07. The van der Waals surface area contributed by atoms with E-state index < -0.39 is 15.3 Å². The summed E-state index contributed by atoms with van der Waals surface area (Å²) in [5, 5.41) is 3.08. The van der Waals surface area contributed by atoms with E-state index >= 15 is 0 Å². The van der Waals surface area contributed by atoms with Crippen molar-refractivity contribution in [3.05, 3.63) is 27.7 Å². The van der Waals surface area contributed by atoms with Gasteiger partial charge < -0.3 is 5.32 Å². The van der Waals surface area contributed by atoms with Crippen molar-refractivity contribution >= 4 is 43.2 Å². The maximum absolute atomic E-state index is 12.2. The second-order valence-corrected chi connectivity index (χ2v) is 7.52. The summed E-state index contributed by atoms with van der Waals surface area (Å²) in [5.41, 5.74) is 0.422. The van der Waals surface area contributed by atoms with Gasteiger partial charge in [-0.1, -0.05) is 27.5 Å². The summed E-state index contributed by atoms with van der Waals surface area (Å²) in [4.78, 5) is 0. The zero-order chi connectivity index (χ0) is 13.2. The van der Waals surface area contributed by atoms with Crippen LogP contribution in [0.3, 0.4) is 0 Å². The lowest BCUT2D eigenvalue weighted by Crippen LogP contribution is -2.41. The van der Waals surface area contributed by atoms with Crippen molar-refractivity contribution in [2.24, 2.45) is 0 Å². The van der Waals surface area contributed by atoms with Gasteiger partial charge >= 0.3 is 0 Å². The van der Waals surface area contributed by atoms with Gasteiger partial charge in [0.05, 0.1) is 16.0 Å². The third-order valence-corrected chi connectivity index (χ3v) is 5.46. The van der Waals surface area contributed by atoms with Gasteiger partial charge in [0.1, 0.15) is 0 Å². The molecule has 0 saturated carbocycles. The minimum atomic E-state index is -3.38. The number of piperidine rings is 1. The fourth-order valence-corrected chi connectivity index (χ4v) is 4.14. The molecule has 1 aromatic carbocycles. The molecule has 18 heavy (non-hydrogen) atoms.